The highest BCUT2D eigenvalue weighted by Crippen LogP contribution is 2.37. The number of hydrogen-bond acceptors (Lipinski definition) is 5. The topological polar surface area (TPSA) is 71.0 Å². The van der Waals surface area contributed by atoms with Crippen molar-refractivity contribution in [2.75, 3.05) is 18.4 Å². The maximum absolute atomic E-state index is 12.9. The number of carbonyl (C=O) groups excluding carboxylic acids is 1. The lowest BCUT2D eigenvalue weighted by Gasteiger charge is -2.36. The highest BCUT2D eigenvalue weighted by molar-refractivity contribution is 5.79. The third kappa shape index (κ3) is 3.90. The second kappa shape index (κ2) is 7.76. The summed E-state index contributed by atoms with van der Waals surface area (Å²) < 4.78 is 0. The SMILES string of the molecule is Cc1ccc(CC(=O)N2CC[C@@]3(CCc4cc(-c5ncccn5)c(C)nc4N3)C2)cc1. The van der Waals surface area contributed by atoms with E-state index in [1.54, 1.807) is 12.4 Å². The van der Waals surface area contributed by atoms with Gasteiger partial charge in [0.05, 0.1) is 17.7 Å². The zero-order chi connectivity index (χ0) is 21.4. The molecule has 0 radical (unpaired) electrons. The molecule has 1 saturated heterocycles. The molecule has 0 bridgehead atoms. The summed E-state index contributed by atoms with van der Waals surface area (Å²) in [6.07, 6.45) is 6.87. The number of carbonyl (C=O) groups is 1. The summed E-state index contributed by atoms with van der Waals surface area (Å²) in [6.45, 7) is 5.60. The van der Waals surface area contributed by atoms with Gasteiger partial charge in [0.15, 0.2) is 5.82 Å². The summed E-state index contributed by atoms with van der Waals surface area (Å²) in [4.78, 5) is 28.5. The number of hydrogen-bond donors (Lipinski definition) is 1. The van der Waals surface area contributed by atoms with Gasteiger partial charge in [0, 0.05) is 31.0 Å². The number of likely N-dealkylation sites (tertiary alicyclic amines) is 1. The molecule has 2 aromatic heterocycles. The Morgan fingerprint density at radius 2 is 1.90 bits per heavy atom. The first kappa shape index (κ1) is 19.7. The fourth-order valence-corrected chi connectivity index (χ4v) is 4.68. The van der Waals surface area contributed by atoms with Crippen LogP contribution in [0.2, 0.25) is 0 Å². The number of benzene rings is 1. The van der Waals surface area contributed by atoms with Crippen LogP contribution in [-0.2, 0) is 17.6 Å². The molecule has 1 amide bonds. The van der Waals surface area contributed by atoms with Crippen molar-refractivity contribution in [1.29, 1.82) is 0 Å². The maximum Gasteiger partial charge on any atom is 0.227 e. The van der Waals surface area contributed by atoms with Crippen LogP contribution in [0.15, 0.2) is 48.8 Å². The van der Waals surface area contributed by atoms with E-state index < -0.39 is 0 Å². The number of pyridine rings is 1. The van der Waals surface area contributed by atoms with Crippen molar-refractivity contribution in [1.82, 2.24) is 19.9 Å². The second-order valence-corrected chi connectivity index (χ2v) is 8.83. The average molecular weight is 414 g/mol. The predicted octanol–water partition coefficient (Wildman–Crippen LogP) is 3.73. The molecule has 6 heteroatoms. The number of anilines is 1. The van der Waals surface area contributed by atoms with Crippen LogP contribution in [0, 0.1) is 13.8 Å². The van der Waals surface area contributed by atoms with Crippen molar-refractivity contribution in [2.24, 2.45) is 0 Å². The molecule has 1 N–H and O–H groups in total. The van der Waals surface area contributed by atoms with Gasteiger partial charge in [-0.1, -0.05) is 29.8 Å². The number of nitrogens with one attached hydrogen (secondary N) is 1. The van der Waals surface area contributed by atoms with E-state index in [0.29, 0.717) is 12.2 Å². The summed E-state index contributed by atoms with van der Waals surface area (Å²) >= 11 is 0. The normalized spacial score (nSPS) is 19.9. The molecule has 2 aliphatic rings. The van der Waals surface area contributed by atoms with E-state index in [0.717, 1.165) is 55.0 Å². The van der Waals surface area contributed by atoms with E-state index in [9.17, 15) is 4.79 Å². The Kier molecular flexibility index (Phi) is 4.93. The predicted molar refractivity (Wildman–Crippen MR) is 121 cm³/mol. The van der Waals surface area contributed by atoms with Crippen LogP contribution in [0.1, 0.15) is 35.2 Å². The Hall–Kier alpha value is -3.28. The average Bonchev–Trinajstić information content (AvgIpc) is 3.19. The number of aromatic nitrogens is 3. The highest BCUT2D eigenvalue weighted by Gasteiger charge is 2.42. The minimum absolute atomic E-state index is 0.0832. The number of aryl methyl sites for hydroxylation is 3. The molecule has 158 valence electrons. The lowest BCUT2D eigenvalue weighted by molar-refractivity contribution is -0.129. The smallest absolute Gasteiger partial charge is 0.227 e. The Morgan fingerprint density at radius 3 is 2.68 bits per heavy atom. The van der Waals surface area contributed by atoms with Crippen molar-refractivity contribution in [3.8, 4) is 11.4 Å². The standard InChI is InChI=1S/C25H27N5O/c1-17-4-6-19(7-5-17)14-22(31)30-13-10-25(16-30)9-8-20-15-21(18(2)28-23(20)29-25)24-26-11-3-12-27-24/h3-7,11-12,15H,8-10,13-14,16H2,1-2H3,(H,28,29)/t25-/m0/s1. The number of amides is 1. The summed E-state index contributed by atoms with van der Waals surface area (Å²) in [6, 6.07) is 12.2. The lowest BCUT2D eigenvalue weighted by atomic mass is 9.86. The monoisotopic (exact) mass is 413 g/mol. The molecule has 1 atom stereocenters. The van der Waals surface area contributed by atoms with Crippen LogP contribution in [0.5, 0.6) is 0 Å². The van der Waals surface area contributed by atoms with Gasteiger partial charge in [-0.2, -0.15) is 0 Å². The third-order valence-corrected chi connectivity index (χ3v) is 6.54. The van der Waals surface area contributed by atoms with Gasteiger partial charge < -0.3 is 10.2 Å². The first-order valence-corrected chi connectivity index (χ1v) is 10.9. The molecule has 3 aromatic rings. The number of rotatable bonds is 3. The lowest BCUT2D eigenvalue weighted by Crippen LogP contribution is -2.45. The molecule has 0 saturated carbocycles. The van der Waals surface area contributed by atoms with Crippen molar-refractivity contribution >= 4 is 11.7 Å². The van der Waals surface area contributed by atoms with Gasteiger partial charge in [0.2, 0.25) is 5.91 Å². The first-order valence-electron chi connectivity index (χ1n) is 10.9. The number of nitrogens with zero attached hydrogens (tertiary/aromatic N) is 4. The van der Waals surface area contributed by atoms with Gasteiger partial charge in [-0.25, -0.2) is 15.0 Å². The molecule has 0 aliphatic carbocycles. The van der Waals surface area contributed by atoms with E-state index in [2.05, 4.69) is 52.5 Å². The molecular formula is C25H27N5O. The fraction of sp³-hybridized carbons (Fsp3) is 0.360. The van der Waals surface area contributed by atoms with Crippen LogP contribution in [0.25, 0.3) is 11.4 Å². The number of fused-ring (bicyclic) bond motifs is 1. The quantitative estimate of drug-likeness (QED) is 0.709. The zero-order valence-electron chi connectivity index (χ0n) is 18.1. The Bertz CT molecular complexity index is 1110. The Labute approximate surface area is 182 Å². The minimum Gasteiger partial charge on any atom is -0.363 e. The van der Waals surface area contributed by atoms with E-state index in [-0.39, 0.29) is 11.4 Å². The van der Waals surface area contributed by atoms with Gasteiger partial charge in [-0.05, 0) is 56.4 Å². The molecule has 5 rings (SSSR count). The molecule has 31 heavy (non-hydrogen) atoms. The molecule has 4 heterocycles. The molecule has 6 nitrogen and oxygen atoms in total. The van der Waals surface area contributed by atoms with Gasteiger partial charge in [-0.15, -0.1) is 0 Å². The van der Waals surface area contributed by atoms with Crippen LogP contribution in [0.4, 0.5) is 5.82 Å². The second-order valence-electron chi connectivity index (χ2n) is 8.83. The van der Waals surface area contributed by atoms with Crippen molar-refractivity contribution in [2.45, 2.75) is 45.1 Å². The van der Waals surface area contributed by atoms with Crippen LogP contribution < -0.4 is 5.32 Å². The summed E-state index contributed by atoms with van der Waals surface area (Å²) in [5, 5.41) is 3.70. The van der Waals surface area contributed by atoms with E-state index >= 15 is 0 Å². The molecule has 1 spiro atoms. The van der Waals surface area contributed by atoms with E-state index in [4.69, 9.17) is 4.98 Å². The Morgan fingerprint density at radius 1 is 1.13 bits per heavy atom. The Balaban J connectivity index is 1.31. The van der Waals surface area contributed by atoms with Crippen molar-refractivity contribution in [3.63, 3.8) is 0 Å². The highest BCUT2D eigenvalue weighted by atomic mass is 16.2. The minimum atomic E-state index is -0.0832. The van der Waals surface area contributed by atoms with Crippen LogP contribution in [-0.4, -0.2) is 44.4 Å². The van der Waals surface area contributed by atoms with Gasteiger partial charge in [0.1, 0.15) is 5.82 Å². The summed E-state index contributed by atoms with van der Waals surface area (Å²) in [5.41, 5.74) is 5.30. The first-order chi connectivity index (χ1) is 15.0. The maximum atomic E-state index is 12.9. The fourth-order valence-electron chi connectivity index (χ4n) is 4.68. The molecule has 1 aromatic carbocycles. The molecule has 1 fully saturated rings. The van der Waals surface area contributed by atoms with Crippen LogP contribution >= 0.6 is 0 Å². The van der Waals surface area contributed by atoms with E-state index in [1.165, 1.54) is 11.1 Å². The third-order valence-electron chi connectivity index (χ3n) is 6.54. The van der Waals surface area contributed by atoms with Crippen molar-refractivity contribution in [3.05, 3.63) is 71.2 Å². The molecule has 0 unspecified atom stereocenters. The summed E-state index contributed by atoms with van der Waals surface area (Å²) in [7, 11) is 0. The van der Waals surface area contributed by atoms with Crippen molar-refractivity contribution < 1.29 is 4.79 Å². The molecular weight excluding hydrogens is 386 g/mol. The summed E-state index contributed by atoms with van der Waals surface area (Å²) in [5.74, 6) is 1.86. The van der Waals surface area contributed by atoms with Gasteiger partial charge >= 0.3 is 0 Å². The van der Waals surface area contributed by atoms with Crippen LogP contribution in [0.3, 0.4) is 0 Å². The van der Waals surface area contributed by atoms with Gasteiger partial charge in [-0.3, -0.25) is 4.79 Å². The van der Waals surface area contributed by atoms with E-state index in [1.807, 2.05) is 17.9 Å². The molecule has 2 aliphatic heterocycles. The zero-order valence-corrected chi connectivity index (χ0v) is 18.1. The van der Waals surface area contributed by atoms with Gasteiger partial charge in [0.25, 0.3) is 0 Å². The largest absolute Gasteiger partial charge is 0.363 e.